The summed E-state index contributed by atoms with van der Waals surface area (Å²) in [6, 6.07) is 0. The van der Waals surface area contributed by atoms with Gasteiger partial charge in [0.15, 0.2) is 37.7 Å². The molecule has 28 heteroatoms. The first-order chi connectivity index (χ1) is 28.6. The van der Waals surface area contributed by atoms with Gasteiger partial charge >= 0.3 is 0 Å². The lowest BCUT2D eigenvalue weighted by Crippen LogP contribution is -2.64. The van der Waals surface area contributed by atoms with Gasteiger partial charge in [-0.2, -0.15) is 0 Å². The molecule has 0 spiro atoms. The molecule has 6 heterocycles. The number of hydrogen-bond acceptors (Lipinski definition) is 26. The standard InChI is InChI=1S/C32H53N3O25/c33-35-34-1-2-49-27-17(44)22(10(37)4-50-27)57-29-19(46)24(12(39)6-52-29)59-31-21(48)26(14(41)8-54-31)60-32-20(47)25(13(40)7-55-32)58-30-18(45)23(11(38)5-53-30)56-28-16(43)15(42)9(36)3-51-28/h9-32,36-48H,1-8H2/t9-,10-,11-,12-,13-,14-,15?,16+,17+,18+,19+,20+,21+,22?,23?,24?,25?,26?,27-,28-,29-,30+,31+,32-/m1/s1. The maximum Gasteiger partial charge on any atom is 0.186 e. The molecule has 0 aromatic heterocycles. The number of nitrogens with zero attached hydrogens (tertiary/aromatic N) is 3. The first-order valence-corrected chi connectivity index (χ1v) is 19.0. The van der Waals surface area contributed by atoms with Crippen LogP contribution in [0.5, 0.6) is 0 Å². The van der Waals surface area contributed by atoms with Crippen LogP contribution < -0.4 is 0 Å². The topological polar surface area (TPSA) is 423 Å². The van der Waals surface area contributed by atoms with E-state index in [1.165, 1.54) is 0 Å². The van der Waals surface area contributed by atoms with Crippen LogP contribution in [0.4, 0.5) is 0 Å². The van der Waals surface area contributed by atoms with Crippen molar-refractivity contribution in [2.45, 2.75) is 148 Å². The fourth-order valence-electron chi connectivity index (χ4n) is 7.26. The van der Waals surface area contributed by atoms with Crippen molar-refractivity contribution >= 4 is 0 Å². The van der Waals surface area contributed by atoms with Crippen LogP contribution >= 0.6 is 0 Å². The molecular weight excluding hydrogens is 826 g/mol. The maximum atomic E-state index is 11.3. The zero-order valence-electron chi connectivity index (χ0n) is 31.6. The fraction of sp³-hybridized carbons (Fsp3) is 1.00. The van der Waals surface area contributed by atoms with Crippen molar-refractivity contribution in [3.05, 3.63) is 10.4 Å². The van der Waals surface area contributed by atoms with Gasteiger partial charge in [0.1, 0.15) is 110 Å². The highest BCUT2D eigenvalue weighted by Gasteiger charge is 2.53. The van der Waals surface area contributed by atoms with Gasteiger partial charge in [-0.1, -0.05) is 5.11 Å². The molecule has 28 nitrogen and oxygen atoms in total. The third-order valence-electron chi connectivity index (χ3n) is 10.6. The SMILES string of the molecule is [N-]=[N+]=NCCO[C@@H]1OC[C@@H](O)C(O[C@H]2OC[C@@H](O)C(O[C@@H]3OC[C@@H](O)C(O[C@H]4OC[C@@H](O)C(O[C@@H]5OC[C@@H](O)C(O[C@H]6OC[C@@H](O)C(O)[C@@H]6O)[C@@H]5O)[C@@H]4O)[C@@H]3O)[C@@H]2O)[C@@H]1O. The van der Waals surface area contributed by atoms with Gasteiger partial charge in [-0.25, -0.2) is 0 Å². The Morgan fingerprint density at radius 3 is 0.967 bits per heavy atom. The zero-order valence-corrected chi connectivity index (χ0v) is 31.6. The quantitative estimate of drug-likeness (QED) is 0.0333. The van der Waals surface area contributed by atoms with E-state index in [4.69, 9.17) is 62.4 Å². The van der Waals surface area contributed by atoms with Gasteiger partial charge in [0.25, 0.3) is 0 Å². The van der Waals surface area contributed by atoms with Crippen LogP contribution in [0.1, 0.15) is 0 Å². The number of rotatable bonds is 14. The molecule has 0 aromatic rings. The van der Waals surface area contributed by atoms with E-state index in [0.717, 1.165) is 0 Å². The Morgan fingerprint density at radius 1 is 0.383 bits per heavy atom. The lowest BCUT2D eigenvalue weighted by atomic mass is 10.0. The van der Waals surface area contributed by atoms with E-state index in [9.17, 15) is 66.4 Å². The van der Waals surface area contributed by atoms with Gasteiger partial charge in [0, 0.05) is 11.5 Å². The predicted octanol–water partition coefficient (Wildman–Crippen LogP) is -8.93. The largest absolute Gasteiger partial charge is 0.388 e. The molecule has 0 aliphatic carbocycles. The Morgan fingerprint density at radius 2 is 0.650 bits per heavy atom. The summed E-state index contributed by atoms with van der Waals surface area (Å²) in [6.07, 6.45) is -39.4. The summed E-state index contributed by atoms with van der Waals surface area (Å²) in [4.78, 5) is 2.58. The number of hydrogen-bond donors (Lipinski definition) is 13. The molecule has 0 aromatic carbocycles. The lowest BCUT2D eigenvalue weighted by Gasteiger charge is -2.46. The highest BCUT2D eigenvalue weighted by molar-refractivity contribution is 4.94. The minimum Gasteiger partial charge on any atom is -0.388 e. The minimum atomic E-state index is -1.92. The first-order valence-electron chi connectivity index (χ1n) is 19.0. The second kappa shape index (κ2) is 21.3. The average molecular weight is 880 g/mol. The number of aliphatic hydroxyl groups excluding tert-OH is 13. The third kappa shape index (κ3) is 10.8. The molecule has 6 fully saturated rings. The number of azide groups is 1. The molecule has 6 aliphatic heterocycles. The first kappa shape index (κ1) is 47.8. The summed E-state index contributed by atoms with van der Waals surface area (Å²) in [7, 11) is 0. The van der Waals surface area contributed by atoms with Crippen molar-refractivity contribution in [1.82, 2.24) is 0 Å². The van der Waals surface area contributed by atoms with E-state index in [1.807, 2.05) is 0 Å². The minimum absolute atomic E-state index is 0.0835. The van der Waals surface area contributed by atoms with Gasteiger partial charge in [-0.3, -0.25) is 0 Å². The number of ether oxygens (including phenoxy) is 12. The van der Waals surface area contributed by atoms with Crippen LogP contribution in [0.3, 0.4) is 0 Å². The predicted molar refractivity (Wildman–Crippen MR) is 181 cm³/mol. The summed E-state index contributed by atoms with van der Waals surface area (Å²) < 4.78 is 65.8. The van der Waals surface area contributed by atoms with Crippen molar-refractivity contribution < 1.29 is 123 Å². The molecule has 24 atom stereocenters. The normalized spacial score (nSPS) is 50.5. The van der Waals surface area contributed by atoms with Crippen LogP contribution in [0.2, 0.25) is 0 Å². The highest BCUT2D eigenvalue weighted by atomic mass is 16.8. The fourth-order valence-corrected chi connectivity index (χ4v) is 7.26. The van der Waals surface area contributed by atoms with E-state index >= 15 is 0 Å². The van der Waals surface area contributed by atoms with Gasteiger partial charge < -0.3 is 123 Å². The van der Waals surface area contributed by atoms with Crippen molar-refractivity contribution in [3.8, 4) is 0 Å². The van der Waals surface area contributed by atoms with Gasteiger partial charge in [-0.15, -0.1) is 0 Å². The smallest absolute Gasteiger partial charge is 0.186 e. The second-order valence-electron chi connectivity index (χ2n) is 14.9. The molecule has 6 unspecified atom stereocenters. The maximum absolute atomic E-state index is 11.3. The Kier molecular flexibility index (Phi) is 17.0. The van der Waals surface area contributed by atoms with Crippen LogP contribution in [0.25, 0.3) is 10.4 Å². The van der Waals surface area contributed by atoms with E-state index in [1.54, 1.807) is 0 Å². The monoisotopic (exact) mass is 879 g/mol. The molecular formula is C32H53N3O25. The molecule has 60 heavy (non-hydrogen) atoms. The Hall–Kier alpha value is -1.69. The average Bonchev–Trinajstić information content (AvgIpc) is 3.22. The van der Waals surface area contributed by atoms with Crippen LogP contribution in [-0.4, -0.2) is 267 Å². The third-order valence-corrected chi connectivity index (χ3v) is 10.6. The lowest BCUT2D eigenvalue weighted by molar-refractivity contribution is -0.375. The molecule has 6 rings (SSSR count). The van der Waals surface area contributed by atoms with Crippen molar-refractivity contribution in [2.24, 2.45) is 5.11 Å². The summed E-state index contributed by atoms with van der Waals surface area (Å²) >= 11 is 0. The summed E-state index contributed by atoms with van der Waals surface area (Å²) in [6.45, 7) is -3.18. The summed E-state index contributed by atoms with van der Waals surface area (Å²) in [5.74, 6) is 0. The van der Waals surface area contributed by atoms with Gasteiger partial charge in [0.2, 0.25) is 0 Å². The van der Waals surface area contributed by atoms with Gasteiger partial charge in [-0.05, 0) is 5.53 Å². The van der Waals surface area contributed by atoms with Crippen LogP contribution in [0, 0.1) is 0 Å². The molecule has 0 radical (unpaired) electrons. The Balaban J connectivity index is 1.05. The molecule has 0 amide bonds. The second-order valence-corrected chi connectivity index (χ2v) is 14.9. The van der Waals surface area contributed by atoms with E-state index in [0.29, 0.717) is 0 Å². The van der Waals surface area contributed by atoms with Crippen molar-refractivity contribution in [3.63, 3.8) is 0 Å². The Labute approximate surface area is 339 Å². The van der Waals surface area contributed by atoms with Crippen molar-refractivity contribution in [2.75, 3.05) is 52.8 Å². The summed E-state index contributed by atoms with van der Waals surface area (Å²) in [5, 5.41) is 142. The molecule has 0 saturated carbocycles. The van der Waals surface area contributed by atoms with Crippen LogP contribution in [0.15, 0.2) is 5.11 Å². The highest BCUT2D eigenvalue weighted by Crippen LogP contribution is 2.32. The molecule has 346 valence electrons. The molecule has 13 N–H and O–H groups in total. The number of aliphatic hydroxyl groups is 13. The van der Waals surface area contributed by atoms with E-state index in [-0.39, 0.29) is 19.8 Å². The van der Waals surface area contributed by atoms with Gasteiger partial charge in [0.05, 0.1) is 46.2 Å². The molecule has 6 saturated heterocycles. The molecule has 0 bridgehead atoms. The summed E-state index contributed by atoms with van der Waals surface area (Å²) in [5.41, 5.74) is 8.43. The molecule has 6 aliphatic rings. The zero-order chi connectivity index (χ0) is 43.4. The van der Waals surface area contributed by atoms with Crippen LogP contribution in [-0.2, 0) is 56.8 Å². The Bertz CT molecular complexity index is 1390. The van der Waals surface area contributed by atoms with E-state index in [2.05, 4.69) is 10.0 Å². The van der Waals surface area contributed by atoms with E-state index < -0.39 is 181 Å². The van der Waals surface area contributed by atoms with Crippen molar-refractivity contribution in [1.29, 1.82) is 0 Å².